The number of amides is 1. The molecule has 4 rings (SSSR count). The minimum Gasteiger partial charge on any atom is -0.379 e. The number of carbonyl (C=O) groups excluding carboxylic acids is 1. The van der Waals surface area contributed by atoms with Gasteiger partial charge in [0.15, 0.2) is 17.5 Å². The van der Waals surface area contributed by atoms with Crippen molar-refractivity contribution < 1.29 is 18.1 Å². The van der Waals surface area contributed by atoms with E-state index in [0.29, 0.717) is 42.9 Å². The van der Waals surface area contributed by atoms with Gasteiger partial charge in [-0.25, -0.2) is 18.7 Å². The maximum atomic E-state index is 14.5. The number of allylic oxidation sites excluding steroid dienone is 1. The first-order valence-corrected chi connectivity index (χ1v) is 10.7. The van der Waals surface area contributed by atoms with E-state index in [9.17, 15) is 13.6 Å². The third kappa shape index (κ3) is 5.25. The molecule has 0 saturated carbocycles. The van der Waals surface area contributed by atoms with Crippen molar-refractivity contribution in [3.63, 3.8) is 0 Å². The second kappa shape index (κ2) is 10.2. The number of primary amides is 1. The van der Waals surface area contributed by atoms with Crippen LogP contribution in [0.1, 0.15) is 29.9 Å². The summed E-state index contributed by atoms with van der Waals surface area (Å²) in [5.41, 5.74) is 6.49. The number of hydrogen-bond donors (Lipinski definition) is 3. The van der Waals surface area contributed by atoms with Crippen LogP contribution in [0.3, 0.4) is 0 Å². The van der Waals surface area contributed by atoms with E-state index in [2.05, 4.69) is 20.4 Å². The van der Waals surface area contributed by atoms with Crippen LogP contribution in [0.4, 0.5) is 14.6 Å². The van der Waals surface area contributed by atoms with E-state index in [1.165, 1.54) is 18.4 Å². The molecular weight excluding hydrogens is 444 g/mol. The van der Waals surface area contributed by atoms with Gasteiger partial charge in [0.25, 0.3) is 0 Å². The maximum absolute atomic E-state index is 14.5. The molecule has 1 fully saturated rings. The van der Waals surface area contributed by atoms with Gasteiger partial charge in [0, 0.05) is 37.2 Å². The largest absolute Gasteiger partial charge is 0.379 e. The number of aromatic nitrogens is 3. The smallest absolute Gasteiger partial charge is 0.220 e. The first kappa shape index (κ1) is 23.0. The molecule has 0 spiro atoms. The predicted molar refractivity (Wildman–Crippen MR) is 121 cm³/mol. The SMILES string of the molecule is N=C(/C=C(\NCc1ccccc1F)c1ccon1)c1ncc(F)c(N2CCC(C(N)=O)CC2)n1. The van der Waals surface area contributed by atoms with E-state index < -0.39 is 5.82 Å². The Bertz CT molecular complexity index is 1210. The van der Waals surface area contributed by atoms with Gasteiger partial charge in [0.05, 0.1) is 11.9 Å². The second-order valence-corrected chi connectivity index (χ2v) is 7.83. The van der Waals surface area contributed by atoms with Gasteiger partial charge in [0.1, 0.15) is 23.5 Å². The zero-order valence-electron chi connectivity index (χ0n) is 18.2. The lowest BCUT2D eigenvalue weighted by Crippen LogP contribution is -2.39. The Balaban J connectivity index is 1.55. The Labute approximate surface area is 194 Å². The molecule has 1 aliphatic heterocycles. The molecule has 11 heteroatoms. The summed E-state index contributed by atoms with van der Waals surface area (Å²) in [6.45, 7) is 0.972. The van der Waals surface area contributed by atoms with E-state index in [1.54, 1.807) is 29.2 Å². The number of nitrogens with zero attached hydrogens (tertiary/aromatic N) is 4. The van der Waals surface area contributed by atoms with Crippen LogP contribution in [-0.4, -0.2) is 39.8 Å². The fraction of sp³-hybridized carbons (Fsp3) is 0.261. The zero-order chi connectivity index (χ0) is 24.1. The Morgan fingerprint density at radius 2 is 2.00 bits per heavy atom. The fourth-order valence-electron chi connectivity index (χ4n) is 3.69. The predicted octanol–water partition coefficient (Wildman–Crippen LogP) is 2.64. The normalized spacial score (nSPS) is 14.8. The quantitative estimate of drug-likeness (QED) is 0.434. The summed E-state index contributed by atoms with van der Waals surface area (Å²) in [5, 5.41) is 15.4. The van der Waals surface area contributed by atoms with Gasteiger partial charge >= 0.3 is 0 Å². The Morgan fingerprint density at radius 3 is 2.68 bits per heavy atom. The highest BCUT2D eigenvalue weighted by Crippen LogP contribution is 2.24. The van der Waals surface area contributed by atoms with Gasteiger partial charge in [-0.1, -0.05) is 23.4 Å². The van der Waals surface area contributed by atoms with Crippen molar-refractivity contribution in [3.8, 4) is 0 Å². The number of halogens is 2. The summed E-state index contributed by atoms with van der Waals surface area (Å²) >= 11 is 0. The van der Waals surface area contributed by atoms with Crippen molar-refractivity contribution >= 4 is 23.1 Å². The van der Waals surface area contributed by atoms with Gasteiger partial charge in [-0.05, 0) is 25.0 Å². The molecular formula is C23H23F2N7O2. The standard InChI is InChI=1S/C23H23F2N7O2/c24-16-4-2-1-3-15(16)12-28-20(19-7-10-34-31-19)11-18(26)22-29-13-17(25)23(30-22)32-8-5-14(6-9-32)21(27)33/h1-4,7,10-11,13-14,26,28H,5-6,8-9,12H2,(H2,27,33)/b20-11-,26-18?. The molecule has 0 bridgehead atoms. The highest BCUT2D eigenvalue weighted by Gasteiger charge is 2.26. The Kier molecular flexibility index (Phi) is 6.90. The number of nitrogens with one attached hydrogen (secondary N) is 2. The molecule has 1 amide bonds. The van der Waals surface area contributed by atoms with Crippen LogP contribution in [0.2, 0.25) is 0 Å². The molecule has 0 aliphatic carbocycles. The number of carbonyl (C=O) groups is 1. The molecule has 4 N–H and O–H groups in total. The molecule has 3 heterocycles. The average molecular weight is 467 g/mol. The lowest BCUT2D eigenvalue weighted by Gasteiger charge is -2.31. The molecule has 0 radical (unpaired) electrons. The van der Waals surface area contributed by atoms with E-state index in [4.69, 9.17) is 15.7 Å². The van der Waals surface area contributed by atoms with Gasteiger partial charge in [-0.2, -0.15) is 0 Å². The number of rotatable bonds is 8. The van der Waals surface area contributed by atoms with Crippen molar-refractivity contribution in [2.24, 2.45) is 11.7 Å². The highest BCUT2D eigenvalue weighted by atomic mass is 19.1. The molecule has 2 aromatic heterocycles. The van der Waals surface area contributed by atoms with E-state index >= 15 is 0 Å². The minimum atomic E-state index is -0.618. The van der Waals surface area contributed by atoms with Gasteiger partial charge in [0.2, 0.25) is 5.91 Å². The Hall–Kier alpha value is -4.15. The fourth-order valence-corrected chi connectivity index (χ4v) is 3.69. The van der Waals surface area contributed by atoms with Gasteiger partial charge in [-0.3, -0.25) is 10.2 Å². The van der Waals surface area contributed by atoms with Crippen molar-refractivity contribution in [1.29, 1.82) is 5.41 Å². The van der Waals surface area contributed by atoms with Crippen LogP contribution < -0.4 is 16.0 Å². The summed E-state index contributed by atoms with van der Waals surface area (Å²) in [4.78, 5) is 21.3. The summed E-state index contributed by atoms with van der Waals surface area (Å²) in [6.07, 6.45) is 4.82. The molecule has 1 aromatic carbocycles. The summed E-state index contributed by atoms with van der Waals surface area (Å²) in [7, 11) is 0. The van der Waals surface area contributed by atoms with E-state index in [0.717, 1.165) is 6.20 Å². The lowest BCUT2D eigenvalue weighted by molar-refractivity contribution is -0.122. The molecule has 9 nitrogen and oxygen atoms in total. The average Bonchev–Trinajstić information content (AvgIpc) is 3.38. The number of benzene rings is 1. The van der Waals surface area contributed by atoms with Crippen LogP contribution in [0, 0.1) is 23.0 Å². The third-order valence-electron chi connectivity index (χ3n) is 5.59. The van der Waals surface area contributed by atoms with Crippen LogP contribution in [0.15, 0.2) is 53.4 Å². The first-order valence-electron chi connectivity index (χ1n) is 10.7. The lowest BCUT2D eigenvalue weighted by atomic mass is 9.96. The van der Waals surface area contributed by atoms with Crippen molar-refractivity contribution in [2.45, 2.75) is 19.4 Å². The maximum Gasteiger partial charge on any atom is 0.220 e. The van der Waals surface area contributed by atoms with Crippen molar-refractivity contribution in [1.82, 2.24) is 20.4 Å². The third-order valence-corrected chi connectivity index (χ3v) is 5.59. The van der Waals surface area contributed by atoms with Crippen molar-refractivity contribution in [2.75, 3.05) is 18.0 Å². The van der Waals surface area contributed by atoms with E-state index in [-0.39, 0.29) is 41.5 Å². The summed E-state index contributed by atoms with van der Waals surface area (Å²) < 4.78 is 33.4. The second-order valence-electron chi connectivity index (χ2n) is 7.83. The number of piperidine rings is 1. The molecule has 34 heavy (non-hydrogen) atoms. The molecule has 0 unspecified atom stereocenters. The van der Waals surface area contributed by atoms with Gasteiger partial charge in [-0.15, -0.1) is 0 Å². The molecule has 1 saturated heterocycles. The van der Waals surface area contributed by atoms with Crippen LogP contribution in [-0.2, 0) is 11.3 Å². The van der Waals surface area contributed by atoms with Crippen LogP contribution in [0.5, 0.6) is 0 Å². The highest BCUT2D eigenvalue weighted by molar-refractivity contribution is 6.07. The number of anilines is 1. The topological polar surface area (TPSA) is 134 Å². The Morgan fingerprint density at radius 1 is 1.24 bits per heavy atom. The number of nitrogens with two attached hydrogens (primary N) is 1. The molecule has 1 aliphatic rings. The molecule has 176 valence electrons. The molecule has 0 atom stereocenters. The van der Waals surface area contributed by atoms with Crippen LogP contribution >= 0.6 is 0 Å². The molecule has 3 aromatic rings. The summed E-state index contributed by atoms with van der Waals surface area (Å²) in [5.74, 6) is -1.52. The number of hydrogen-bond acceptors (Lipinski definition) is 8. The van der Waals surface area contributed by atoms with Crippen molar-refractivity contribution in [3.05, 3.63) is 77.6 Å². The summed E-state index contributed by atoms with van der Waals surface area (Å²) in [6, 6.07) is 7.92. The zero-order valence-corrected chi connectivity index (χ0v) is 18.2. The first-order chi connectivity index (χ1) is 16.4. The van der Waals surface area contributed by atoms with Gasteiger partial charge < -0.3 is 20.5 Å². The van der Waals surface area contributed by atoms with Crippen LogP contribution in [0.25, 0.3) is 5.70 Å². The van der Waals surface area contributed by atoms with E-state index in [1.807, 2.05) is 0 Å². The monoisotopic (exact) mass is 467 g/mol. The minimum absolute atomic E-state index is 0.00195.